The molecule has 0 spiro atoms. The number of halogens is 3. The number of hydrogen-bond acceptors (Lipinski definition) is 5. The predicted octanol–water partition coefficient (Wildman–Crippen LogP) is 6.62. The summed E-state index contributed by atoms with van der Waals surface area (Å²) in [6.07, 6.45) is 0. The molecule has 0 radical (unpaired) electrons. The van der Waals surface area contributed by atoms with Gasteiger partial charge in [0.15, 0.2) is 5.58 Å². The first-order valence-corrected chi connectivity index (χ1v) is 9.56. The first-order valence-electron chi connectivity index (χ1n) is 8.43. The number of anilines is 1. The van der Waals surface area contributed by atoms with Crippen LogP contribution in [0, 0.1) is 10.1 Å². The highest BCUT2D eigenvalue weighted by Crippen LogP contribution is 2.32. The number of benzene rings is 3. The largest absolute Gasteiger partial charge is 0.436 e. The van der Waals surface area contributed by atoms with Crippen LogP contribution in [0.2, 0.25) is 15.1 Å². The van der Waals surface area contributed by atoms with Gasteiger partial charge in [-0.3, -0.25) is 14.9 Å². The fourth-order valence-corrected chi connectivity index (χ4v) is 3.30. The van der Waals surface area contributed by atoms with Gasteiger partial charge in [-0.2, -0.15) is 0 Å². The van der Waals surface area contributed by atoms with E-state index in [0.29, 0.717) is 27.6 Å². The second-order valence-corrected chi connectivity index (χ2v) is 7.45. The molecule has 4 aromatic rings. The van der Waals surface area contributed by atoms with E-state index in [9.17, 15) is 14.9 Å². The second-order valence-electron chi connectivity index (χ2n) is 6.20. The average molecular weight is 463 g/mol. The number of carbonyl (C=O) groups excluding carboxylic acids is 1. The number of nitro benzene ring substituents is 1. The smallest absolute Gasteiger partial charge is 0.270 e. The van der Waals surface area contributed by atoms with E-state index in [4.69, 9.17) is 39.2 Å². The molecule has 3 aromatic carbocycles. The first-order chi connectivity index (χ1) is 14.3. The van der Waals surface area contributed by atoms with Crippen LogP contribution in [0.1, 0.15) is 10.4 Å². The molecule has 0 unspecified atom stereocenters. The monoisotopic (exact) mass is 461 g/mol. The van der Waals surface area contributed by atoms with Gasteiger partial charge in [0.25, 0.3) is 11.6 Å². The Morgan fingerprint density at radius 2 is 1.77 bits per heavy atom. The zero-order valence-corrected chi connectivity index (χ0v) is 17.1. The lowest BCUT2D eigenvalue weighted by Gasteiger charge is -2.09. The average Bonchev–Trinajstić information content (AvgIpc) is 3.12. The molecular weight excluding hydrogens is 453 g/mol. The standard InChI is InChI=1S/C20H10Cl3N3O4/c21-11-2-6-18-17(8-11)25-20(30-18)10-1-4-15(23)16(7-10)24-19(27)13-9-12(26(28)29)3-5-14(13)22/h1-9H,(H,24,27). The molecule has 1 N–H and O–H groups in total. The number of hydrogen-bond donors (Lipinski definition) is 1. The Kier molecular flexibility index (Phi) is 5.34. The minimum absolute atomic E-state index is 0.0520. The van der Waals surface area contributed by atoms with Crippen LogP contribution in [0.15, 0.2) is 59.0 Å². The van der Waals surface area contributed by atoms with Crippen molar-refractivity contribution in [2.75, 3.05) is 5.32 Å². The number of non-ortho nitro benzene ring substituents is 1. The van der Waals surface area contributed by atoms with E-state index >= 15 is 0 Å². The topological polar surface area (TPSA) is 98.3 Å². The van der Waals surface area contributed by atoms with Gasteiger partial charge in [-0.15, -0.1) is 0 Å². The van der Waals surface area contributed by atoms with Gasteiger partial charge in [-0.1, -0.05) is 34.8 Å². The molecule has 7 nitrogen and oxygen atoms in total. The molecule has 0 atom stereocenters. The molecule has 10 heteroatoms. The number of amides is 1. The van der Waals surface area contributed by atoms with Crippen molar-refractivity contribution in [3.63, 3.8) is 0 Å². The van der Waals surface area contributed by atoms with Crippen LogP contribution in [0.4, 0.5) is 11.4 Å². The number of nitrogens with zero attached hydrogens (tertiary/aromatic N) is 2. The van der Waals surface area contributed by atoms with E-state index < -0.39 is 10.8 Å². The van der Waals surface area contributed by atoms with Crippen LogP contribution in [0.3, 0.4) is 0 Å². The quantitative estimate of drug-likeness (QED) is 0.271. The van der Waals surface area contributed by atoms with Crippen molar-refractivity contribution in [3.8, 4) is 11.5 Å². The lowest BCUT2D eigenvalue weighted by atomic mass is 10.1. The van der Waals surface area contributed by atoms with E-state index in [1.807, 2.05) is 0 Å². The van der Waals surface area contributed by atoms with Gasteiger partial charge in [0.2, 0.25) is 5.89 Å². The van der Waals surface area contributed by atoms with Gasteiger partial charge in [0.05, 0.1) is 26.2 Å². The van der Waals surface area contributed by atoms with Crippen LogP contribution in [0.25, 0.3) is 22.6 Å². The number of rotatable bonds is 4. The Hall–Kier alpha value is -3.13. The van der Waals surface area contributed by atoms with E-state index in [1.54, 1.807) is 36.4 Å². The van der Waals surface area contributed by atoms with Crippen LogP contribution < -0.4 is 5.32 Å². The van der Waals surface area contributed by atoms with E-state index in [0.717, 1.165) is 6.07 Å². The van der Waals surface area contributed by atoms with Gasteiger partial charge >= 0.3 is 0 Å². The van der Waals surface area contributed by atoms with Crippen molar-refractivity contribution in [1.29, 1.82) is 0 Å². The molecule has 1 aromatic heterocycles. The van der Waals surface area contributed by atoms with Crippen molar-refractivity contribution >= 4 is 63.2 Å². The fourth-order valence-electron chi connectivity index (χ4n) is 2.77. The highest BCUT2D eigenvalue weighted by Gasteiger charge is 2.18. The van der Waals surface area contributed by atoms with Gasteiger partial charge in [0, 0.05) is 22.7 Å². The Bertz CT molecular complexity index is 1320. The molecular formula is C20H10Cl3N3O4. The molecule has 0 aliphatic heterocycles. The number of oxazole rings is 1. The summed E-state index contributed by atoms with van der Waals surface area (Å²) in [7, 11) is 0. The van der Waals surface area contributed by atoms with Crippen LogP contribution >= 0.6 is 34.8 Å². The third kappa shape index (κ3) is 3.95. The summed E-state index contributed by atoms with van der Waals surface area (Å²) >= 11 is 18.2. The fraction of sp³-hybridized carbons (Fsp3) is 0. The van der Waals surface area contributed by atoms with Gasteiger partial charge in [-0.25, -0.2) is 4.98 Å². The molecule has 0 saturated carbocycles. The predicted molar refractivity (Wildman–Crippen MR) is 116 cm³/mol. The summed E-state index contributed by atoms with van der Waals surface area (Å²) in [5.74, 6) is -0.333. The summed E-state index contributed by atoms with van der Waals surface area (Å²) in [6.45, 7) is 0. The zero-order valence-electron chi connectivity index (χ0n) is 14.9. The number of aromatic nitrogens is 1. The zero-order chi connectivity index (χ0) is 21.4. The number of nitrogens with one attached hydrogen (secondary N) is 1. The van der Waals surface area contributed by atoms with Gasteiger partial charge in [0.1, 0.15) is 5.52 Å². The molecule has 0 bridgehead atoms. The van der Waals surface area contributed by atoms with E-state index in [1.165, 1.54) is 12.1 Å². The molecule has 150 valence electrons. The van der Waals surface area contributed by atoms with E-state index in [-0.39, 0.29) is 27.0 Å². The normalized spacial score (nSPS) is 10.9. The van der Waals surface area contributed by atoms with Crippen molar-refractivity contribution < 1.29 is 14.1 Å². The Balaban J connectivity index is 1.67. The minimum atomic E-state index is -0.646. The molecule has 1 heterocycles. The summed E-state index contributed by atoms with van der Waals surface area (Å²) < 4.78 is 5.73. The van der Waals surface area contributed by atoms with Crippen LogP contribution in [0.5, 0.6) is 0 Å². The SMILES string of the molecule is O=C(Nc1cc(-c2nc3cc(Cl)ccc3o2)ccc1Cl)c1cc([N+](=O)[O-])ccc1Cl. The lowest BCUT2D eigenvalue weighted by Crippen LogP contribution is -2.13. The number of carbonyl (C=O) groups is 1. The molecule has 0 aliphatic carbocycles. The summed E-state index contributed by atoms with van der Waals surface area (Å²) in [5.41, 5.74) is 1.66. The van der Waals surface area contributed by atoms with Crippen molar-refractivity contribution in [2.45, 2.75) is 0 Å². The van der Waals surface area contributed by atoms with Crippen LogP contribution in [-0.2, 0) is 0 Å². The lowest BCUT2D eigenvalue weighted by molar-refractivity contribution is -0.384. The van der Waals surface area contributed by atoms with E-state index in [2.05, 4.69) is 10.3 Å². The Labute approximate surface area is 184 Å². The summed E-state index contributed by atoms with van der Waals surface area (Å²) in [4.78, 5) is 27.4. The van der Waals surface area contributed by atoms with Crippen molar-refractivity contribution in [1.82, 2.24) is 4.98 Å². The Morgan fingerprint density at radius 3 is 2.53 bits per heavy atom. The van der Waals surface area contributed by atoms with Crippen LogP contribution in [-0.4, -0.2) is 15.8 Å². The minimum Gasteiger partial charge on any atom is -0.436 e. The summed E-state index contributed by atoms with van der Waals surface area (Å²) in [6, 6.07) is 13.5. The maximum absolute atomic E-state index is 12.7. The molecule has 30 heavy (non-hydrogen) atoms. The molecule has 4 rings (SSSR count). The van der Waals surface area contributed by atoms with Crippen molar-refractivity contribution in [3.05, 3.63) is 85.3 Å². The molecule has 1 amide bonds. The van der Waals surface area contributed by atoms with Gasteiger partial charge < -0.3 is 9.73 Å². The molecule has 0 fully saturated rings. The maximum Gasteiger partial charge on any atom is 0.270 e. The third-order valence-corrected chi connectivity index (χ3v) is 5.11. The number of nitro groups is 1. The second kappa shape index (κ2) is 7.95. The highest BCUT2D eigenvalue weighted by molar-refractivity contribution is 6.36. The molecule has 0 saturated heterocycles. The van der Waals surface area contributed by atoms with Crippen molar-refractivity contribution in [2.24, 2.45) is 0 Å². The maximum atomic E-state index is 12.7. The first kappa shape index (κ1) is 20.2. The Morgan fingerprint density at radius 1 is 1.00 bits per heavy atom. The summed E-state index contributed by atoms with van der Waals surface area (Å²) in [5, 5.41) is 14.5. The molecule has 0 aliphatic rings. The highest BCUT2D eigenvalue weighted by atomic mass is 35.5. The number of fused-ring (bicyclic) bond motifs is 1. The third-order valence-electron chi connectivity index (χ3n) is 4.22. The van der Waals surface area contributed by atoms with Gasteiger partial charge in [-0.05, 0) is 42.5 Å².